The van der Waals surface area contributed by atoms with Crippen molar-refractivity contribution in [3.05, 3.63) is 24.3 Å². The van der Waals surface area contributed by atoms with Gasteiger partial charge in [0, 0.05) is 24.9 Å². The molecular formula is C14H18N2O5. The number of hydrogen-bond donors (Lipinski definition) is 3. The molecule has 0 radical (unpaired) electrons. The number of carbonyl (C=O) groups excluding carboxylic acids is 1. The molecule has 1 aromatic rings. The van der Waals surface area contributed by atoms with Gasteiger partial charge in [-0.25, -0.2) is 9.59 Å². The van der Waals surface area contributed by atoms with Crippen molar-refractivity contribution < 1.29 is 24.2 Å². The molecule has 1 aliphatic carbocycles. The third-order valence-electron chi connectivity index (χ3n) is 3.22. The Balaban J connectivity index is 1.80. The van der Waals surface area contributed by atoms with Crippen LogP contribution in [0.1, 0.15) is 12.8 Å². The lowest BCUT2D eigenvalue weighted by atomic mass is 9.89. The van der Waals surface area contributed by atoms with Crippen molar-refractivity contribution in [2.75, 3.05) is 19.0 Å². The molecule has 21 heavy (non-hydrogen) atoms. The van der Waals surface area contributed by atoms with Crippen molar-refractivity contribution in [3.8, 4) is 5.75 Å². The summed E-state index contributed by atoms with van der Waals surface area (Å²) in [5.74, 6) is -0.665. The summed E-state index contributed by atoms with van der Waals surface area (Å²) < 4.78 is 10.2. The number of hydrogen-bond acceptors (Lipinski definition) is 4. The van der Waals surface area contributed by atoms with E-state index in [9.17, 15) is 9.59 Å². The van der Waals surface area contributed by atoms with Crippen LogP contribution in [0, 0.1) is 0 Å². The Morgan fingerprint density at radius 2 is 2.14 bits per heavy atom. The zero-order valence-corrected chi connectivity index (χ0v) is 11.7. The SMILES string of the molecule is COC1CC(NC(=O)Nc2cccc(OCC(=O)O)c2)C1. The average Bonchev–Trinajstić information content (AvgIpc) is 2.40. The lowest BCUT2D eigenvalue weighted by Gasteiger charge is -2.34. The fraction of sp³-hybridized carbons (Fsp3) is 0.429. The molecule has 3 N–H and O–H groups in total. The highest BCUT2D eigenvalue weighted by Gasteiger charge is 2.30. The monoisotopic (exact) mass is 294 g/mol. The molecule has 0 aromatic heterocycles. The first-order valence-electron chi connectivity index (χ1n) is 6.62. The maximum Gasteiger partial charge on any atom is 0.341 e. The van der Waals surface area contributed by atoms with E-state index in [-0.39, 0.29) is 18.2 Å². The number of carbonyl (C=O) groups is 2. The van der Waals surface area contributed by atoms with E-state index in [0.717, 1.165) is 12.8 Å². The second-order valence-electron chi connectivity index (χ2n) is 4.83. The Labute approximate surface area is 122 Å². The van der Waals surface area contributed by atoms with Crippen LogP contribution in [0.25, 0.3) is 0 Å². The smallest absolute Gasteiger partial charge is 0.341 e. The number of amides is 2. The predicted octanol–water partition coefficient (Wildman–Crippen LogP) is 1.45. The van der Waals surface area contributed by atoms with Crippen molar-refractivity contribution in [3.63, 3.8) is 0 Å². The predicted molar refractivity (Wildman–Crippen MR) is 75.5 cm³/mol. The van der Waals surface area contributed by atoms with Crippen LogP contribution >= 0.6 is 0 Å². The Morgan fingerprint density at radius 3 is 2.81 bits per heavy atom. The van der Waals surface area contributed by atoms with Crippen LogP contribution in [-0.4, -0.2) is 43.0 Å². The zero-order chi connectivity index (χ0) is 15.2. The van der Waals surface area contributed by atoms with Crippen molar-refractivity contribution >= 4 is 17.7 Å². The molecule has 0 aliphatic heterocycles. The summed E-state index contributed by atoms with van der Waals surface area (Å²) in [6, 6.07) is 6.40. The van der Waals surface area contributed by atoms with Crippen LogP contribution < -0.4 is 15.4 Å². The number of methoxy groups -OCH3 is 1. The fourth-order valence-electron chi connectivity index (χ4n) is 2.04. The van der Waals surface area contributed by atoms with E-state index in [0.29, 0.717) is 11.4 Å². The summed E-state index contributed by atoms with van der Waals surface area (Å²) in [5, 5.41) is 14.1. The summed E-state index contributed by atoms with van der Waals surface area (Å²) in [5.41, 5.74) is 0.540. The standard InChI is InChI=1S/C14H18N2O5/c1-20-12-6-10(7-12)16-14(19)15-9-3-2-4-11(5-9)21-8-13(17)18/h2-5,10,12H,6-8H2,1H3,(H,17,18)(H2,15,16,19). The van der Waals surface area contributed by atoms with Gasteiger partial charge in [0.25, 0.3) is 0 Å². The van der Waals surface area contributed by atoms with Crippen LogP contribution in [0.15, 0.2) is 24.3 Å². The highest BCUT2D eigenvalue weighted by atomic mass is 16.5. The third-order valence-corrected chi connectivity index (χ3v) is 3.22. The maximum atomic E-state index is 11.8. The molecule has 2 amide bonds. The van der Waals surface area contributed by atoms with E-state index in [4.69, 9.17) is 14.6 Å². The molecular weight excluding hydrogens is 276 g/mol. The van der Waals surface area contributed by atoms with Gasteiger partial charge in [-0.05, 0) is 25.0 Å². The molecule has 0 heterocycles. The van der Waals surface area contributed by atoms with Gasteiger partial charge in [0.1, 0.15) is 5.75 Å². The van der Waals surface area contributed by atoms with Gasteiger partial charge < -0.3 is 25.2 Å². The largest absolute Gasteiger partial charge is 0.482 e. The van der Waals surface area contributed by atoms with Crippen LogP contribution in [0.4, 0.5) is 10.5 Å². The molecule has 0 saturated heterocycles. The summed E-state index contributed by atoms with van der Waals surface area (Å²) in [7, 11) is 1.66. The Hall–Kier alpha value is -2.28. The van der Waals surface area contributed by atoms with Gasteiger partial charge in [0.05, 0.1) is 6.10 Å². The number of ether oxygens (including phenoxy) is 2. The van der Waals surface area contributed by atoms with Crippen molar-refractivity contribution in [2.24, 2.45) is 0 Å². The summed E-state index contributed by atoms with van der Waals surface area (Å²) in [6.07, 6.45) is 1.85. The van der Waals surface area contributed by atoms with Crippen LogP contribution in [0.5, 0.6) is 5.75 Å². The normalized spacial score (nSPS) is 20.2. The van der Waals surface area contributed by atoms with E-state index >= 15 is 0 Å². The molecule has 0 spiro atoms. The van der Waals surface area contributed by atoms with Gasteiger partial charge in [-0.15, -0.1) is 0 Å². The number of anilines is 1. The quantitative estimate of drug-likeness (QED) is 0.738. The van der Waals surface area contributed by atoms with Crippen LogP contribution in [0.2, 0.25) is 0 Å². The minimum absolute atomic E-state index is 0.126. The molecule has 7 nitrogen and oxygen atoms in total. The summed E-state index contributed by atoms with van der Waals surface area (Å²) >= 11 is 0. The molecule has 1 aromatic carbocycles. The number of carboxylic acids is 1. The molecule has 0 unspecified atom stereocenters. The van der Waals surface area contributed by atoms with Gasteiger partial charge in [-0.1, -0.05) is 6.07 Å². The molecule has 0 atom stereocenters. The summed E-state index contributed by atoms with van der Waals surface area (Å²) in [4.78, 5) is 22.2. The highest BCUT2D eigenvalue weighted by molar-refractivity contribution is 5.89. The van der Waals surface area contributed by atoms with Crippen molar-refractivity contribution in [1.82, 2.24) is 5.32 Å². The van der Waals surface area contributed by atoms with Gasteiger partial charge in [-0.3, -0.25) is 0 Å². The minimum atomic E-state index is -1.05. The lowest BCUT2D eigenvalue weighted by Crippen LogP contribution is -2.48. The molecule has 2 rings (SSSR count). The number of urea groups is 1. The Kier molecular flexibility index (Phi) is 4.99. The van der Waals surface area contributed by atoms with E-state index < -0.39 is 12.6 Å². The van der Waals surface area contributed by atoms with E-state index in [1.165, 1.54) is 0 Å². The first-order chi connectivity index (χ1) is 10.1. The van der Waals surface area contributed by atoms with Crippen LogP contribution in [-0.2, 0) is 9.53 Å². The van der Waals surface area contributed by atoms with Gasteiger partial charge in [-0.2, -0.15) is 0 Å². The molecule has 1 saturated carbocycles. The average molecular weight is 294 g/mol. The number of nitrogens with one attached hydrogen (secondary N) is 2. The Bertz CT molecular complexity index is 514. The molecule has 1 fully saturated rings. The second-order valence-corrected chi connectivity index (χ2v) is 4.83. The topological polar surface area (TPSA) is 96.9 Å². The fourth-order valence-corrected chi connectivity index (χ4v) is 2.04. The second kappa shape index (κ2) is 6.94. The Morgan fingerprint density at radius 1 is 1.38 bits per heavy atom. The molecule has 7 heteroatoms. The first kappa shape index (κ1) is 15.1. The van der Waals surface area contributed by atoms with E-state index in [1.54, 1.807) is 31.4 Å². The number of aliphatic carboxylic acids is 1. The van der Waals surface area contributed by atoms with Crippen LogP contribution in [0.3, 0.4) is 0 Å². The lowest BCUT2D eigenvalue weighted by molar-refractivity contribution is -0.139. The highest BCUT2D eigenvalue weighted by Crippen LogP contribution is 2.23. The van der Waals surface area contributed by atoms with Crippen molar-refractivity contribution in [2.45, 2.75) is 25.0 Å². The maximum absolute atomic E-state index is 11.8. The number of benzene rings is 1. The van der Waals surface area contributed by atoms with Gasteiger partial charge in [0.2, 0.25) is 0 Å². The van der Waals surface area contributed by atoms with Gasteiger partial charge in [0.15, 0.2) is 6.61 Å². The zero-order valence-electron chi connectivity index (χ0n) is 11.7. The van der Waals surface area contributed by atoms with E-state index in [2.05, 4.69) is 10.6 Å². The number of rotatable bonds is 6. The third kappa shape index (κ3) is 4.64. The molecule has 114 valence electrons. The van der Waals surface area contributed by atoms with Gasteiger partial charge >= 0.3 is 12.0 Å². The minimum Gasteiger partial charge on any atom is -0.482 e. The number of carboxylic acid groups (broad SMARTS) is 1. The first-order valence-corrected chi connectivity index (χ1v) is 6.62. The summed E-state index contributed by atoms with van der Waals surface area (Å²) in [6.45, 7) is -0.421. The van der Waals surface area contributed by atoms with E-state index in [1.807, 2.05) is 0 Å². The molecule has 0 bridgehead atoms. The molecule has 1 aliphatic rings. The van der Waals surface area contributed by atoms with Crippen molar-refractivity contribution in [1.29, 1.82) is 0 Å².